The lowest BCUT2D eigenvalue weighted by Crippen LogP contribution is -2.32. The van der Waals surface area contributed by atoms with Gasteiger partial charge >= 0.3 is 0 Å². The van der Waals surface area contributed by atoms with E-state index in [4.69, 9.17) is 0 Å². The minimum atomic E-state index is -3.93. The Labute approximate surface area is 207 Å². The quantitative estimate of drug-likeness (QED) is 0.281. The van der Waals surface area contributed by atoms with Crippen molar-refractivity contribution in [1.82, 2.24) is 0 Å². The maximum Gasteiger partial charge on any atom is 0.264 e. The van der Waals surface area contributed by atoms with Gasteiger partial charge in [0, 0.05) is 9.26 Å². The number of para-hydroxylation sites is 1. The average Bonchev–Trinajstić information content (AvgIpc) is 2.85. The summed E-state index contributed by atoms with van der Waals surface area (Å²) in [4.78, 5) is 13.4. The Morgan fingerprint density at radius 3 is 2.00 bits per heavy atom. The summed E-state index contributed by atoms with van der Waals surface area (Å²) in [7, 11) is -3.93. The molecule has 0 saturated heterocycles. The van der Waals surface area contributed by atoms with E-state index in [9.17, 15) is 13.2 Å². The second-order valence-corrected chi connectivity index (χ2v) is 10.4. The first kappa shape index (κ1) is 23.0. The highest BCUT2D eigenvalue weighted by molar-refractivity contribution is 14.1. The SMILES string of the molecule is O=C(Nc1ccc(I)cc1)c1ccccc1N(Cc1ccccc1)S(=O)(=O)c1ccccc1. The molecule has 4 rings (SSSR count). The third-order valence-corrected chi connectivity index (χ3v) is 7.51. The number of anilines is 2. The van der Waals surface area contributed by atoms with Crippen LogP contribution in [0.5, 0.6) is 0 Å². The molecule has 166 valence electrons. The van der Waals surface area contributed by atoms with Gasteiger partial charge in [0.25, 0.3) is 15.9 Å². The van der Waals surface area contributed by atoms with E-state index >= 15 is 0 Å². The molecule has 33 heavy (non-hydrogen) atoms. The van der Waals surface area contributed by atoms with E-state index in [1.807, 2.05) is 54.6 Å². The van der Waals surface area contributed by atoms with Gasteiger partial charge in [-0.3, -0.25) is 9.10 Å². The summed E-state index contributed by atoms with van der Waals surface area (Å²) in [5, 5.41) is 2.87. The summed E-state index contributed by atoms with van der Waals surface area (Å²) in [6.07, 6.45) is 0. The van der Waals surface area contributed by atoms with Crippen LogP contribution in [-0.4, -0.2) is 14.3 Å². The van der Waals surface area contributed by atoms with Crippen molar-refractivity contribution in [2.24, 2.45) is 0 Å². The summed E-state index contributed by atoms with van der Waals surface area (Å²) < 4.78 is 29.7. The molecule has 4 aromatic rings. The average molecular weight is 568 g/mol. The van der Waals surface area contributed by atoms with E-state index < -0.39 is 10.0 Å². The van der Waals surface area contributed by atoms with Crippen LogP contribution in [0.25, 0.3) is 0 Å². The monoisotopic (exact) mass is 568 g/mol. The molecule has 0 aliphatic heterocycles. The van der Waals surface area contributed by atoms with Crippen LogP contribution in [0, 0.1) is 3.57 Å². The van der Waals surface area contributed by atoms with Gasteiger partial charge in [-0.05, 0) is 76.7 Å². The van der Waals surface area contributed by atoms with E-state index in [-0.39, 0.29) is 22.9 Å². The smallest absolute Gasteiger partial charge is 0.264 e. The molecule has 0 bridgehead atoms. The Bertz CT molecular complexity index is 1340. The van der Waals surface area contributed by atoms with Crippen LogP contribution < -0.4 is 9.62 Å². The first-order chi connectivity index (χ1) is 15.9. The van der Waals surface area contributed by atoms with Crippen molar-refractivity contribution in [3.05, 3.63) is 124 Å². The Kier molecular flexibility index (Phi) is 7.10. The van der Waals surface area contributed by atoms with Crippen molar-refractivity contribution in [2.75, 3.05) is 9.62 Å². The summed E-state index contributed by atoms with van der Waals surface area (Å²) in [6.45, 7) is 0.0892. The second-order valence-electron chi connectivity index (χ2n) is 7.29. The summed E-state index contributed by atoms with van der Waals surface area (Å²) in [6, 6.07) is 31.7. The van der Waals surface area contributed by atoms with Gasteiger partial charge in [0.1, 0.15) is 0 Å². The molecular formula is C26H21IN2O3S. The highest BCUT2D eigenvalue weighted by Crippen LogP contribution is 2.30. The number of sulfonamides is 1. The van der Waals surface area contributed by atoms with Crippen molar-refractivity contribution in [2.45, 2.75) is 11.4 Å². The molecule has 0 aromatic heterocycles. The zero-order valence-corrected chi connectivity index (χ0v) is 20.5. The number of benzene rings is 4. The van der Waals surface area contributed by atoms with E-state index in [1.54, 1.807) is 54.6 Å². The van der Waals surface area contributed by atoms with E-state index in [0.29, 0.717) is 11.4 Å². The van der Waals surface area contributed by atoms with Gasteiger partial charge in [0.15, 0.2) is 0 Å². The first-order valence-electron chi connectivity index (χ1n) is 10.2. The van der Waals surface area contributed by atoms with Gasteiger partial charge in [-0.15, -0.1) is 0 Å². The fourth-order valence-corrected chi connectivity index (χ4v) is 5.24. The third-order valence-electron chi connectivity index (χ3n) is 5.02. The van der Waals surface area contributed by atoms with Crippen molar-refractivity contribution in [1.29, 1.82) is 0 Å². The highest BCUT2D eigenvalue weighted by atomic mass is 127. The second kappa shape index (κ2) is 10.2. The Morgan fingerprint density at radius 2 is 1.33 bits per heavy atom. The lowest BCUT2D eigenvalue weighted by Gasteiger charge is -2.26. The number of nitrogens with one attached hydrogen (secondary N) is 1. The molecule has 0 fully saturated rings. The fraction of sp³-hybridized carbons (Fsp3) is 0.0385. The van der Waals surface area contributed by atoms with Gasteiger partial charge in [-0.2, -0.15) is 0 Å². The normalized spacial score (nSPS) is 11.1. The van der Waals surface area contributed by atoms with E-state index in [0.717, 1.165) is 9.13 Å². The number of hydrogen-bond acceptors (Lipinski definition) is 3. The largest absolute Gasteiger partial charge is 0.322 e. The molecule has 1 N–H and O–H groups in total. The highest BCUT2D eigenvalue weighted by Gasteiger charge is 2.28. The predicted octanol–water partition coefficient (Wildman–Crippen LogP) is 5.94. The molecular weight excluding hydrogens is 547 g/mol. The molecule has 0 heterocycles. The van der Waals surface area contributed by atoms with Crippen LogP contribution in [-0.2, 0) is 16.6 Å². The number of carbonyl (C=O) groups is 1. The molecule has 0 radical (unpaired) electrons. The van der Waals surface area contributed by atoms with Crippen LogP contribution in [0.4, 0.5) is 11.4 Å². The zero-order chi connectivity index (χ0) is 23.3. The Morgan fingerprint density at radius 1 is 0.758 bits per heavy atom. The van der Waals surface area contributed by atoms with Crippen molar-refractivity contribution >= 4 is 49.9 Å². The van der Waals surface area contributed by atoms with Crippen LogP contribution >= 0.6 is 22.6 Å². The summed E-state index contributed by atoms with van der Waals surface area (Å²) in [5.41, 5.74) is 2.03. The van der Waals surface area contributed by atoms with Gasteiger partial charge in [-0.1, -0.05) is 60.7 Å². The predicted molar refractivity (Wildman–Crippen MR) is 140 cm³/mol. The number of amides is 1. The van der Waals surface area contributed by atoms with Gasteiger partial charge in [0.05, 0.1) is 22.7 Å². The van der Waals surface area contributed by atoms with Crippen LogP contribution in [0.1, 0.15) is 15.9 Å². The molecule has 7 heteroatoms. The van der Waals surface area contributed by atoms with Crippen LogP contribution in [0.2, 0.25) is 0 Å². The lowest BCUT2D eigenvalue weighted by atomic mass is 10.1. The van der Waals surface area contributed by atoms with Crippen molar-refractivity contribution in [3.63, 3.8) is 0 Å². The van der Waals surface area contributed by atoms with Crippen LogP contribution in [0.15, 0.2) is 114 Å². The molecule has 0 aliphatic carbocycles. The maximum absolute atomic E-state index is 13.7. The Balaban J connectivity index is 1.77. The molecule has 0 spiro atoms. The number of nitrogens with zero attached hydrogens (tertiary/aromatic N) is 1. The summed E-state index contributed by atoms with van der Waals surface area (Å²) in [5.74, 6) is -0.381. The molecule has 0 unspecified atom stereocenters. The Hall–Kier alpha value is -3.17. The standard InChI is InChI=1S/C26H21IN2O3S/c27-21-15-17-22(18-16-21)28-26(30)24-13-7-8-14-25(24)29(19-20-9-3-1-4-10-20)33(31,32)23-11-5-2-6-12-23/h1-18H,19H2,(H,28,30). The number of hydrogen-bond donors (Lipinski definition) is 1. The van der Waals surface area contributed by atoms with Crippen LogP contribution in [0.3, 0.4) is 0 Å². The molecule has 0 atom stereocenters. The topological polar surface area (TPSA) is 66.5 Å². The minimum Gasteiger partial charge on any atom is -0.322 e. The molecule has 1 amide bonds. The molecule has 4 aromatic carbocycles. The number of carbonyl (C=O) groups excluding carboxylic acids is 1. The van der Waals surface area contributed by atoms with Crippen molar-refractivity contribution in [3.8, 4) is 0 Å². The van der Waals surface area contributed by atoms with Gasteiger partial charge < -0.3 is 5.32 Å². The van der Waals surface area contributed by atoms with Gasteiger partial charge in [-0.25, -0.2) is 8.42 Å². The molecule has 0 saturated carbocycles. The number of rotatable bonds is 7. The van der Waals surface area contributed by atoms with E-state index in [2.05, 4.69) is 27.9 Å². The van der Waals surface area contributed by atoms with Gasteiger partial charge in [0.2, 0.25) is 0 Å². The fourth-order valence-electron chi connectivity index (χ4n) is 3.38. The minimum absolute atomic E-state index is 0.0892. The molecule has 0 aliphatic rings. The van der Waals surface area contributed by atoms with E-state index in [1.165, 1.54) is 4.31 Å². The summed E-state index contributed by atoms with van der Waals surface area (Å²) >= 11 is 2.19. The first-order valence-corrected chi connectivity index (χ1v) is 12.7. The maximum atomic E-state index is 13.7. The number of halogens is 1. The zero-order valence-electron chi connectivity index (χ0n) is 17.6. The lowest BCUT2D eigenvalue weighted by molar-refractivity contribution is 0.102. The third kappa shape index (κ3) is 5.43. The van der Waals surface area contributed by atoms with Crippen molar-refractivity contribution < 1.29 is 13.2 Å². The molecule has 5 nitrogen and oxygen atoms in total.